The molecule has 2 rings (SSSR count). The second-order valence-electron chi connectivity index (χ2n) is 4.51. The van der Waals surface area contributed by atoms with Gasteiger partial charge in [-0.15, -0.1) is 0 Å². The Hall–Kier alpha value is -2.03. The third-order valence-electron chi connectivity index (χ3n) is 2.86. The van der Waals surface area contributed by atoms with Crippen LogP contribution in [0.4, 0.5) is 8.78 Å². The summed E-state index contributed by atoms with van der Waals surface area (Å²) in [5, 5.41) is 0. The van der Waals surface area contributed by atoms with Crippen LogP contribution in [0.25, 0.3) is 11.2 Å². The average molecular weight is 302 g/mol. The molecule has 9 heteroatoms. The molecule has 0 saturated heterocycles. The number of hydrogen-bond donors (Lipinski definition) is 2. The number of fused-ring (bicyclic) bond motifs is 1. The van der Waals surface area contributed by atoms with E-state index < -0.39 is 24.3 Å². The molecule has 21 heavy (non-hydrogen) atoms. The SMILES string of the molecule is CCCn1c(=O)[nH]c(=O)c2[nH]c(CCOCC(F)F)nc21. The first-order valence-corrected chi connectivity index (χ1v) is 6.60. The Kier molecular flexibility index (Phi) is 4.84. The van der Waals surface area contributed by atoms with Gasteiger partial charge in [0.25, 0.3) is 12.0 Å². The lowest BCUT2D eigenvalue weighted by Crippen LogP contribution is -2.30. The van der Waals surface area contributed by atoms with Gasteiger partial charge in [0.05, 0.1) is 6.61 Å². The molecule has 0 amide bonds. The van der Waals surface area contributed by atoms with Crippen molar-refractivity contribution in [1.82, 2.24) is 19.5 Å². The van der Waals surface area contributed by atoms with Crippen molar-refractivity contribution in [2.45, 2.75) is 32.7 Å². The van der Waals surface area contributed by atoms with E-state index in [4.69, 9.17) is 4.74 Å². The van der Waals surface area contributed by atoms with Gasteiger partial charge in [0.1, 0.15) is 17.9 Å². The van der Waals surface area contributed by atoms with Crippen molar-refractivity contribution < 1.29 is 13.5 Å². The Bertz CT molecular complexity index is 719. The van der Waals surface area contributed by atoms with Crippen molar-refractivity contribution in [3.63, 3.8) is 0 Å². The van der Waals surface area contributed by atoms with E-state index in [2.05, 4.69) is 15.0 Å². The predicted molar refractivity (Wildman–Crippen MR) is 71.8 cm³/mol. The molecule has 0 aliphatic rings. The zero-order valence-electron chi connectivity index (χ0n) is 11.5. The fraction of sp³-hybridized carbons (Fsp3) is 0.583. The summed E-state index contributed by atoms with van der Waals surface area (Å²) >= 11 is 0. The summed E-state index contributed by atoms with van der Waals surface area (Å²) in [7, 11) is 0. The van der Waals surface area contributed by atoms with E-state index in [-0.39, 0.29) is 24.2 Å². The molecule has 0 aromatic carbocycles. The fourth-order valence-electron chi connectivity index (χ4n) is 1.98. The summed E-state index contributed by atoms with van der Waals surface area (Å²) in [6.07, 6.45) is -1.56. The van der Waals surface area contributed by atoms with Crippen molar-refractivity contribution >= 4 is 11.2 Å². The minimum Gasteiger partial charge on any atom is -0.375 e. The van der Waals surface area contributed by atoms with Gasteiger partial charge in [-0.1, -0.05) is 6.92 Å². The Morgan fingerprint density at radius 2 is 2.10 bits per heavy atom. The average Bonchev–Trinajstić information content (AvgIpc) is 2.84. The number of H-pyrrole nitrogens is 2. The third kappa shape index (κ3) is 3.54. The normalized spacial score (nSPS) is 11.6. The second kappa shape index (κ2) is 6.61. The molecule has 0 spiro atoms. The predicted octanol–water partition coefficient (Wildman–Crippen LogP) is 0.647. The van der Waals surface area contributed by atoms with E-state index in [1.165, 1.54) is 4.57 Å². The van der Waals surface area contributed by atoms with Crippen LogP contribution >= 0.6 is 0 Å². The molecule has 0 radical (unpaired) electrons. The molecular weight excluding hydrogens is 286 g/mol. The van der Waals surface area contributed by atoms with Crippen molar-refractivity contribution in [2.75, 3.05) is 13.2 Å². The number of alkyl halides is 2. The molecule has 2 aromatic rings. The van der Waals surface area contributed by atoms with Crippen LogP contribution < -0.4 is 11.2 Å². The largest absolute Gasteiger partial charge is 0.375 e. The molecule has 116 valence electrons. The van der Waals surface area contributed by atoms with E-state index >= 15 is 0 Å². The first-order chi connectivity index (χ1) is 10.0. The number of ether oxygens (including phenoxy) is 1. The molecule has 0 unspecified atom stereocenters. The van der Waals surface area contributed by atoms with Gasteiger partial charge >= 0.3 is 5.69 Å². The summed E-state index contributed by atoms with van der Waals surface area (Å²) < 4.78 is 30.0. The summed E-state index contributed by atoms with van der Waals surface area (Å²) in [4.78, 5) is 32.6. The minimum atomic E-state index is -2.52. The van der Waals surface area contributed by atoms with Crippen LogP contribution in [0.3, 0.4) is 0 Å². The molecule has 2 heterocycles. The van der Waals surface area contributed by atoms with E-state index in [1.807, 2.05) is 6.92 Å². The quantitative estimate of drug-likeness (QED) is 0.734. The van der Waals surface area contributed by atoms with Crippen LogP contribution in [-0.2, 0) is 17.7 Å². The van der Waals surface area contributed by atoms with Crippen molar-refractivity contribution in [1.29, 1.82) is 0 Å². The van der Waals surface area contributed by atoms with Gasteiger partial charge in [-0.05, 0) is 6.42 Å². The van der Waals surface area contributed by atoms with Gasteiger partial charge in [-0.2, -0.15) is 0 Å². The van der Waals surface area contributed by atoms with Crippen molar-refractivity contribution in [3.8, 4) is 0 Å². The van der Waals surface area contributed by atoms with Crippen LogP contribution in [0, 0.1) is 0 Å². The summed E-state index contributed by atoms with van der Waals surface area (Å²) in [6.45, 7) is 1.74. The van der Waals surface area contributed by atoms with Crippen LogP contribution in [0.15, 0.2) is 9.59 Å². The van der Waals surface area contributed by atoms with Crippen LogP contribution in [-0.4, -0.2) is 39.2 Å². The molecule has 2 aromatic heterocycles. The number of hydrogen-bond acceptors (Lipinski definition) is 4. The first-order valence-electron chi connectivity index (χ1n) is 6.60. The smallest absolute Gasteiger partial charge is 0.330 e. The maximum absolute atomic E-state index is 11.9. The van der Waals surface area contributed by atoms with E-state index in [9.17, 15) is 18.4 Å². The highest BCUT2D eigenvalue weighted by atomic mass is 19.3. The highest BCUT2D eigenvalue weighted by Gasteiger charge is 2.12. The number of halogens is 2. The van der Waals surface area contributed by atoms with Crippen molar-refractivity contribution in [2.24, 2.45) is 0 Å². The van der Waals surface area contributed by atoms with Gasteiger partial charge < -0.3 is 9.72 Å². The molecule has 0 bridgehead atoms. The topological polar surface area (TPSA) is 92.8 Å². The highest BCUT2D eigenvalue weighted by molar-refractivity contribution is 5.69. The first kappa shape index (κ1) is 15.4. The lowest BCUT2D eigenvalue weighted by molar-refractivity contribution is 0.0183. The number of aryl methyl sites for hydroxylation is 1. The Labute approximate surface area is 118 Å². The van der Waals surface area contributed by atoms with Gasteiger partial charge in [0, 0.05) is 13.0 Å². The zero-order chi connectivity index (χ0) is 15.4. The lowest BCUT2D eigenvalue weighted by atomic mass is 10.4. The Morgan fingerprint density at radius 1 is 1.33 bits per heavy atom. The molecule has 0 fully saturated rings. The number of rotatable bonds is 7. The van der Waals surface area contributed by atoms with Gasteiger partial charge in [0.15, 0.2) is 5.65 Å². The number of imidazole rings is 1. The summed E-state index contributed by atoms with van der Waals surface area (Å²) in [5.74, 6) is 0.417. The second-order valence-corrected chi connectivity index (χ2v) is 4.51. The maximum atomic E-state index is 11.9. The third-order valence-corrected chi connectivity index (χ3v) is 2.86. The molecular formula is C12H16F2N4O3. The standard InChI is InChI=1S/C12H16F2N4O3/c1-2-4-18-10-9(11(19)17-12(18)20)15-8(16-10)3-5-21-6-7(13)14/h7H,2-6H2,1H3,(H,15,16)(H,17,19,20). The Morgan fingerprint density at radius 3 is 2.76 bits per heavy atom. The van der Waals surface area contributed by atoms with Crippen LogP contribution in [0.5, 0.6) is 0 Å². The molecule has 0 aliphatic carbocycles. The van der Waals surface area contributed by atoms with E-state index in [0.29, 0.717) is 18.8 Å². The van der Waals surface area contributed by atoms with Gasteiger partial charge in [0.2, 0.25) is 0 Å². The minimum absolute atomic E-state index is 0.0556. The number of nitrogens with zero attached hydrogens (tertiary/aromatic N) is 2. The summed E-state index contributed by atoms with van der Waals surface area (Å²) in [6, 6.07) is 0. The fourth-order valence-corrected chi connectivity index (χ4v) is 1.98. The Balaban J connectivity index is 2.24. The number of aromatic nitrogens is 4. The van der Waals surface area contributed by atoms with E-state index in [0.717, 1.165) is 0 Å². The zero-order valence-corrected chi connectivity index (χ0v) is 11.5. The molecule has 2 N–H and O–H groups in total. The maximum Gasteiger partial charge on any atom is 0.330 e. The van der Waals surface area contributed by atoms with Crippen molar-refractivity contribution in [3.05, 3.63) is 26.7 Å². The van der Waals surface area contributed by atoms with E-state index in [1.54, 1.807) is 0 Å². The van der Waals surface area contributed by atoms with Gasteiger partial charge in [-0.3, -0.25) is 14.3 Å². The summed E-state index contributed by atoms with van der Waals surface area (Å²) in [5.41, 5.74) is -0.586. The molecule has 0 aliphatic heterocycles. The lowest BCUT2D eigenvalue weighted by Gasteiger charge is -2.02. The monoisotopic (exact) mass is 302 g/mol. The van der Waals surface area contributed by atoms with Crippen LogP contribution in [0.1, 0.15) is 19.2 Å². The van der Waals surface area contributed by atoms with Gasteiger partial charge in [-0.25, -0.2) is 18.6 Å². The number of aromatic amines is 2. The number of nitrogens with one attached hydrogen (secondary N) is 2. The molecule has 0 atom stereocenters. The highest BCUT2D eigenvalue weighted by Crippen LogP contribution is 2.06. The molecule has 7 nitrogen and oxygen atoms in total. The van der Waals surface area contributed by atoms with Crippen LogP contribution in [0.2, 0.25) is 0 Å². The molecule has 0 saturated carbocycles.